The number of nitrogens with zero attached hydrogens (tertiary/aromatic N) is 1. The zero-order chi connectivity index (χ0) is 13.9. The SMILES string of the molecule is CC[Si](C)(C)O[Si](C)(C)CN(C(C)=O)C(C)=O. The van der Waals surface area contributed by atoms with Crippen LogP contribution in [0.3, 0.4) is 0 Å². The summed E-state index contributed by atoms with van der Waals surface area (Å²) in [5, 5.41) is 0. The maximum absolute atomic E-state index is 11.4. The summed E-state index contributed by atoms with van der Waals surface area (Å²) in [6, 6.07) is 1.05. The van der Waals surface area contributed by atoms with Gasteiger partial charge in [-0.15, -0.1) is 0 Å². The van der Waals surface area contributed by atoms with Gasteiger partial charge in [-0.05, 0) is 32.2 Å². The topological polar surface area (TPSA) is 46.6 Å². The Morgan fingerprint density at radius 1 is 1.00 bits per heavy atom. The first-order valence-corrected chi connectivity index (χ1v) is 12.2. The second-order valence-electron chi connectivity index (χ2n) is 5.60. The number of hydrogen-bond donors (Lipinski definition) is 0. The van der Waals surface area contributed by atoms with Gasteiger partial charge in [-0.1, -0.05) is 6.92 Å². The van der Waals surface area contributed by atoms with Crippen LogP contribution in [0.1, 0.15) is 20.8 Å². The van der Waals surface area contributed by atoms with Crippen LogP contribution in [0.5, 0.6) is 0 Å². The zero-order valence-electron chi connectivity index (χ0n) is 12.1. The monoisotopic (exact) mass is 275 g/mol. The molecule has 0 aromatic heterocycles. The van der Waals surface area contributed by atoms with Crippen LogP contribution in [-0.2, 0) is 13.7 Å². The average molecular weight is 275 g/mol. The van der Waals surface area contributed by atoms with Crippen LogP contribution in [-0.4, -0.2) is 39.5 Å². The highest BCUT2D eigenvalue weighted by atomic mass is 28.4. The average Bonchev–Trinajstić information content (AvgIpc) is 2.12. The highest BCUT2D eigenvalue weighted by molar-refractivity contribution is 6.85. The number of hydrogen-bond acceptors (Lipinski definition) is 3. The number of amides is 2. The van der Waals surface area contributed by atoms with Crippen molar-refractivity contribution in [2.24, 2.45) is 0 Å². The smallest absolute Gasteiger partial charge is 0.225 e. The van der Waals surface area contributed by atoms with Crippen molar-refractivity contribution in [3.05, 3.63) is 0 Å². The van der Waals surface area contributed by atoms with E-state index in [1.807, 2.05) is 0 Å². The number of imide groups is 1. The summed E-state index contributed by atoms with van der Waals surface area (Å²) in [7, 11) is -3.64. The highest BCUT2D eigenvalue weighted by Crippen LogP contribution is 2.19. The molecule has 0 aliphatic rings. The van der Waals surface area contributed by atoms with Gasteiger partial charge in [0.05, 0.1) is 0 Å². The van der Waals surface area contributed by atoms with E-state index in [-0.39, 0.29) is 11.8 Å². The number of rotatable bonds is 5. The molecule has 0 aliphatic heterocycles. The van der Waals surface area contributed by atoms with E-state index in [0.717, 1.165) is 6.04 Å². The molecule has 0 saturated heterocycles. The zero-order valence-corrected chi connectivity index (χ0v) is 14.1. The van der Waals surface area contributed by atoms with Crippen LogP contribution >= 0.6 is 0 Å². The molecule has 100 valence electrons. The van der Waals surface area contributed by atoms with Crippen molar-refractivity contribution in [2.45, 2.75) is 53.0 Å². The van der Waals surface area contributed by atoms with Gasteiger partial charge in [0.15, 0.2) is 16.6 Å². The third-order valence-electron chi connectivity index (χ3n) is 2.70. The molecule has 0 spiro atoms. The second-order valence-corrected chi connectivity index (χ2v) is 14.5. The minimum atomic E-state index is -2.00. The lowest BCUT2D eigenvalue weighted by Gasteiger charge is -2.35. The Kier molecular flexibility index (Phi) is 5.76. The van der Waals surface area contributed by atoms with Crippen molar-refractivity contribution in [1.29, 1.82) is 0 Å². The fourth-order valence-corrected chi connectivity index (χ4v) is 9.70. The summed E-state index contributed by atoms with van der Waals surface area (Å²) in [5.74, 6) is -0.393. The minimum Gasteiger partial charge on any atom is -0.454 e. The number of carbonyl (C=O) groups excluding carboxylic acids is 2. The van der Waals surface area contributed by atoms with E-state index in [9.17, 15) is 9.59 Å². The molecule has 0 heterocycles. The molecule has 2 amide bonds. The predicted molar refractivity (Wildman–Crippen MR) is 74.6 cm³/mol. The molecule has 6 heteroatoms. The van der Waals surface area contributed by atoms with Crippen LogP contribution < -0.4 is 0 Å². The third-order valence-corrected chi connectivity index (χ3v) is 9.90. The van der Waals surface area contributed by atoms with Crippen LogP contribution in [0.4, 0.5) is 0 Å². The van der Waals surface area contributed by atoms with Crippen molar-refractivity contribution >= 4 is 28.4 Å². The van der Waals surface area contributed by atoms with Crippen LogP contribution in [0.2, 0.25) is 32.2 Å². The minimum absolute atomic E-state index is 0.197. The Morgan fingerprint density at radius 3 is 1.71 bits per heavy atom. The van der Waals surface area contributed by atoms with Crippen LogP contribution in [0.15, 0.2) is 0 Å². The van der Waals surface area contributed by atoms with Crippen molar-refractivity contribution in [1.82, 2.24) is 4.90 Å². The van der Waals surface area contributed by atoms with E-state index in [2.05, 4.69) is 33.1 Å². The van der Waals surface area contributed by atoms with Crippen molar-refractivity contribution in [3.8, 4) is 0 Å². The van der Waals surface area contributed by atoms with Gasteiger partial charge in [0, 0.05) is 20.0 Å². The predicted octanol–water partition coefficient (Wildman–Crippen LogP) is 2.37. The standard InChI is InChI=1S/C11H25NO3Si2/c1-8-16(4,5)15-17(6,7)9-12(10(2)13)11(3)14/h8-9H2,1-7H3. The second kappa shape index (κ2) is 5.92. The quantitative estimate of drug-likeness (QED) is 0.724. The van der Waals surface area contributed by atoms with E-state index < -0.39 is 16.6 Å². The van der Waals surface area contributed by atoms with Crippen molar-refractivity contribution < 1.29 is 13.7 Å². The van der Waals surface area contributed by atoms with E-state index in [4.69, 9.17) is 4.12 Å². The van der Waals surface area contributed by atoms with Crippen LogP contribution in [0, 0.1) is 0 Å². The summed E-state index contributed by atoms with van der Waals surface area (Å²) in [6.07, 6.45) is 0.452. The van der Waals surface area contributed by atoms with Gasteiger partial charge in [0.2, 0.25) is 11.8 Å². The molecule has 0 fully saturated rings. The fraction of sp³-hybridized carbons (Fsp3) is 0.818. The Balaban J connectivity index is 4.73. The van der Waals surface area contributed by atoms with E-state index in [1.54, 1.807) is 0 Å². The lowest BCUT2D eigenvalue weighted by Crippen LogP contribution is -2.53. The molecule has 0 aromatic carbocycles. The van der Waals surface area contributed by atoms with Gasteiger partial charge in [-0.25, -0.2) is 0 Å². The summed E-state index contributed by atoms with van der Waals surface area (Å²) in [5.41, 5.74) is 0. The van der Waals surface area contributed by atoms with Crippen molar-refractivity contribution in [2.75, 3.05) is 6.17 Å². The first-order valence-electron chi connectivity index (χ1n) is 5.99. The Hall–Kier alpha value is -0.466. The third kappa shape index (κ3) is 6.14. The van der Waals surface area contributed by atoms with Gasteiger partial charge in [0.1, 0.15) is 0 Å². The molecule has 0 unspecified atom stereocenters. The molecular formula is C11H25NO3Si2. The summed E-state index contributed by atoms with van der Waals surface area (Å²) >= 11 is 0. The molecule has 17 heavy (non-hydrogen) atoms. The van der Waals surface area contributed by atoms with E-state index in [0.29, 0.717) is 6.17 Å². The highest BCUT2D eigenvalue weighted by Gasteiger charge is 2.35. The molecule has 0 rings (SSSR count). The lowest BCUT2D eigenvalue weighted by molar-refractivity contribution is -0.141. The molecule has 0 saturated carbocycles. The lowest BCUT2D eigenvalue weighted by atomic mass is 10.5. The Labute approximate surface area is 107 Å². The Morgan fingerprint density at radius 2 is 1.41 bits per heavy atom. The number of carbonyl (C=O) groups is 2. The maximum Gasteiger partial charge on any atom is 0.225 e. The molecular weight excluding hydrogens is 250 g/mol. The van der Waals surface area contributed by atoms with Crippen LogP contribution in [0.25, 0.3) is 0 Å². The molecule has 4 nitrogen and oxygen atoms in total. The van der Waals surface area contributed by atoms with Gasteiger partial charge in [-0.2, -0.15) is 0 Å². The Bertz CT molecular complexity index is 289. The van der Waals surface area contributed by atoms with E-state index >= 15 is 0 Å². The van der Waals surface area contributed by atoms with Gasteiger partial charge in [0.25, 0.3) is 0 Å². The van der Waals surface area contributed by atoms with Crippen molar-refractivity contribution in [3.63, 3.8) is 0 Å². The summed E-state index contributed by atoms with van der Waals surface area (Å²) in [4.78, 5) is 24.1. The van der Waals surface area contributed by atoms with E-state index in [1.165, 1.54) is 18.7 Å². The maximum atomic E-state index is 11.4. The largest absolute Gasteiger partial charge is 0.454 e. The molecule has 0 aliphatic carbocycles. The molecule has 0 aromatic rings. The molecule has 0 N–H and O–H groups in total. The normalized spacial score (nSPS) is 12.4. The van der Waals surface area contributed by atoms with Gasteiger partial charge < -0.3 is 4.12 Å². The van der Waals surface area contributed by atoms with Gasteiger partial charge >= 0.3 is 0 Å². The molecule has 0 radical (unpaired) electrons. The summed E-state index contributed by atoms with van der Waals surface area (Å²) < 4.78 is 6.24. The fourth-order valence-electron chi connectivity index (χ4n) is 1.68. The van der Waals surface area contributed by atoms with Gasteiger partial charge in [-0.3, -0.25) is 14.5 Å². The first-order chi connectivity index (χ1) is 7.51. The molecule has 0 atom stereocenters. The first kappa shape index (κ1) is 16.5. The molecule has 0 bridgehead atoms. The summed E-state index contributed by atoms with van der Waals surface area (Å²) in [6.45, 7) is 13.5.